The van der Waals surface area contributed by atoms with E-state index in [1.54, 1.807) is 6.07 Å². The third-order valence-corrected chi connectivity index (χ3v) is 9.74. The first-order valence-corrected chi connectivity index (χ1v) is 13.6. The highest BCUT2D eigenvalue weighted by Crippen LogP contribution is 2.36. The van der Waals surface area contributed by atoms with Crippen LogP contribution in [-0.4, -0.2) is 75.1 Å². The Morgan fingerprint density at radius 2 is 1.78 bits per heavy atom. The summed E-state index contributed by atoms with van der Waals surface area (Å²) in [6, 6.07) is 12.0. The predicted molar refractivity (Wildman–Crippen MR) is 120 cm³/mol. The molecular weight excluding hydrogens is 452 g/mol. The molecule has 0 bridgehead atoms. The molecule has 0 aliphatic carbocycles. The predicted octanol–water partition coefficient (Wildman–Crippen LogP) is 0.749. The molecule has 174 valence electrons. The molecule has 0 radical (unpaired) electrons. The van der Waals surface area contributed by atoms with Crippen LogP contribution in [0.3, 0.4) is 0 Å². The van der Waals surface area contributed by atoms with E-state index in [0.29, 0.717) is 25.2 Å². The Morgan fingerprint density at radius 3 is 2.47 bits per heavy atom. The molecule has 32 heavy (non-hydrogen) atoms. The van der Waals surface area contributed by atoms with E-state index in [4.69, 9.17) is 10.5 Å². The summed E-state index contributed by atoms with van der Waals surface area (Å²) in [5, 5.41) is -0.0765. The van der Waals surface area contributed by atoms with Crippen molar-refractivity contribution in [1.29, 1.82) is 0 Å². The number of benzene rings is 1. The minimum atomic E-state index is -3.84. The fourth-order valence-corrected chi connectivity index (χ4v) is 7.75. The van der Waals surface area contributed by atoms with Crippen LogP contribution in [0.15, 0.2) is 53.7 Å². The molecule has 1 aromatic heterocycles. The van der Waals surface area contributed by atoms with E-state index in [0.717, 1.165) is 5.56 Å². The molecule has 2 atom stereocenters. The molecule has 2 saturated heterocycles. The van der Waals surface area contributed by atoms with Gasteiger partial charge in [-0.15, -0.1) is 0 Å². The van der Waals surface area contributed by atoms with Gasteiger partial charge in [0.1, 0.15) is 0 Å². The van der Waals surface area contributed by atoms with Gasteiger partial charge < -0.3 is 10.5 Å². The molecule has 2 fully saturated rings. The van der Waals surface area contributed by atoms with Gasteiger partial charge in [-0.25, -0.2) is 13.4 Å². The normalized spacial score (nSPS) is 23.4. The van der Waals surface area contributed by atoms with Gasteiger partial charge in [0.25, 0.3) is 10.2 Å². The molecule has 2 N–H and O–H groups in total. The Labute approximate surface area is 189 Å². The molecule has 2 aromatic rings. The third-order valence-electron chi connectivity index (χ3n) is 5.99. The molecule has 9 nitrogen and oxygen atoms in total. The highest BCUT2D eigenvalue weighted by atomic mass is 32.2. The summed E-state index contributed by atoms with van der Waals surface area (Å²) < 4.78 is 61.4. The van der Waals surface area contributed by atoms with Crippen LogP contribution in [0.2, 0.25) is 0 Å². The van der Waals surface area contributed by atoms with Crippen molar-refractivity contribution < 1.29 is 21.6 Å². The molecular formula is C21H28N4O5S2. The number of pyridine rings is 1. The summed E-state index contributed by atoms with van der Waals surface area (Å²) >= 11 is 0. The van der Waals surface area contributed by atoms with Crippen molar-refractivity contribution in [3.63, 3.8) is 0 Å². The SMILES string of the molecule is NCc1ccnc(S(=O)(=O)C[C@H]2C[C@H](c3ccccc3)CN2S(=O)(=O)N2CCOCC2)c1. The Morgan fingerprint density at radius 1 is 1.06 bits per heavy atom. The van der Waals surface area contributed by atoms with Crippen molar-refractivity contribution in [2.45, 2.75) is 30.0 Å². The smallest absolute Gasteiger partial charge is 0.282 e. The lowest BCUT2D eigenvalue weighted by atomic mass is 9.97. The minimum absolute atomic E-state index is 0.0765. The lowest BCUT2D eigenvalue weighted by Gasteiger charge is -2.32. The Bertz CT molecular complexity index is 1140. The average molecular weight is 481 g/mol. The highest BCUT2D eigenvalue weighted by molar-refractivity contribution is 7.91. The van der Waals surface area contributed by atoms with Crippen LogP contribution in [0, 0.1) is 0 Å². The van der Waals surface area contributed by atoms with Gasteiger partial charge in [0, 0.05) is 38.4 Å². The van der Waals surface area contributed by atoms with Gasteiger partial charge in [-0.05, 0) is 35.6 Å². The van der Waals surface area contributed by atoms with Gasteiger partial charge in [-0.1, -0.05) is 30.3 Å². The number of hydrogen-bond donors (Lipinski definition) is 1. The van der Waals surface area contributed by atoms with Crippen molar-refractivity contribution >= 4 is 20.0 Å². The third kappa shape index (κ3) is 4.87. The molecule has 4 rings (SSSR count). The fraction of sp³-hybridized carbons (Fsp3) is 0.476. The van der Waals surface area contributed by atoms with E-state index >= 15 is 0 Å². The maximum Gasteiger partial charge on any atom is 0.282 e. The number of rotatable bonds is 7. The van der Waals surface area contributed by atoms with Crippen molar-refractivity contribution in [1.82, 2.24) is 13.6 Å². The van der Waals surface area contributed by atoms with Gasteiger partial charge in [0.15, 0.2) is 14.9 Å². The van der Waals surface area contributed by atoms with Gasteiger partial charge in [0.2, 0.25) is 0 Å². The lowest BCUT2D eigenvalue weighted by molar-refractivity contribution is 0.0700. The van der Waals surface area contributed by atoms with Crippen LogP contribution in [-0.2, 0) is 31.3 Å². The van der Waals surface area contributed by atoms with Crippen molar-refractivity contribution in [3.8, 4) is 0 Å². The van der Waals surface area contributed by atoms with E-state index < -0.39 is 26.1 Å². The Balaban J connectivity index is 1.64. The second-order valence-corrected chi connectivity index (χ2v) is 11.9. The molecule has 0 amide bonds. The molecule has 0 spiro atoms. The van der Waals surface area contributed by atoms with Crippen LogP contribution in [0.4, 0.5) is 0 Å². The van der Waals surface area contributed by atoms with Crippen LogP contribution >= 0.6 is 0 Å². The second-order valence-electron chi connectivity index (χ2n) is 8.07. The zero-order chi connectivity index (χ0) is 22.8. The van der Waals surface area contributed by atoms with Crippen molar-refractivity contribution in [2.75, 3.05) is 38.6 Å². The standard InChI is InChI=1S/C21H28N4O5S2/c22-14-17-6-7-23-21(12-17)31(26,27)16-20-13-19(18-4-2-1-3-5-18)15-25(20)32(28,29)24-8-10-30-11-9-24/h1-7,12,19-20H,8-11,13-16,22H2/t19-,20+/m0/s1. The van der Waals surface area contributed by atoms with Crippen LogP contribution in [0.1, 0.15) is 23.5 Å². The first kappa shape index (κ1) is 23.3. The van der Waals surface area contributed by atoms with Gasteiger partial charge in [-0.2, -0.15) is 17.0 Å². The quantitative estimate of drug-likeness (QED) is 0.620. The molecule has 0 unspecified atom stereocenters. The molecule has 3 heterocycles. The monoisotopic (exact) mass is 480 g/mol. The molecule has 11 heteroatoms. The summed E-state index contributed by atoms with van der Waals surface area (Å²) in [7, 11) is -7.66. The summed E-state index contributed by atoms with van der Waals surface area (Å²) in [6.45, 7) is 1.60. The van der Waals surface area contributed by atoms with Crippen molar-refractivity contribution in [2.24, 2.45) is 5.73 Å². The van der Waals surface area contributed by atoms with Crippen molar-refractivity contribution in [3.05, 3.63) is 59.8 Å². The first-order chi connectivity index (χ1) is 15.3. The Hall–Kier alpha value is -1.89. The number of ether oxygens (including phenoxy) is 1. The maximum absolute atomic E-state index is 13.5. The van der Waals surface area contributed by atoms with Crippen LogP contribution < -0.4 is 5.73 Å². The largest absolute Gasteiger partial charge is 0.379 e. The first-order valence-electron chi connectivity index (χ1n) is 10.6. The zero-order valence-electron chi connectivity index (χ0n) is 17.7. The Kier molecular flexibility index (Phi) is 6.94. The summed E-state index contributed by atoms with van der Waals surface area (Å²) in [5.74, 6) is -0.420. The number of sulfone groups is 1. The molecule has 2 aliphatic rings. The summed E-state index contributed by atoms with van der Waals surface area (Å²) in [5.41, 5.74) is 7.30. The molecule has 2 aliphatic heterocycles. The molecule has 1 aromatic carbocycles. The fourth-order valence-electron chi connectivity index (χ4n) is 4.30. The topological polar surface area (TPSA) is 123 Å². The van der Waals surface area contributed by atoms with E-state index in [1.807, 2.05) is 30.3 Å². The van der Waals surface area contributed by atoms with E-state index in [1.165, 1.54) is 20.9 Å². The van der Waals surface area contributed by atoms with Crippen LogP contribution in [0.25, 0.3) is 0 Å². The van der Waals surface area contributed by atoms with Gasteiger partial charge >= 0.3 is 0 Å². The van der Waals surface area contributed by atoms with E-state index in [9.17, 15) is 16.8 Å². The minimum Gasteiger partial charge on any atom is -0.379 e. The average Bonchev–Trinajstić information content (AvgIpc) is 3.24. The van der Waals surface area contributed by atoms with Crippen LogP contribution in [0.5, 0.6) is 0 Å². The molecule has 0 saturated carbocycles. The highest BCUT2D eigenvalue weighted by Gasteiger charge is 2.45. The van der Waals surface area contributed by atoms with Gasteiger partial charge in [-0.3, -0.25) is 0 Å². The van der Waals surface area contributed by atoms with E-state index in [2.05, 4.69) is 4.98 Å². The number of nitrogens with two attached hydrogens (primary N) is 1. The van der Waals surface area contributed by atoms with Gasteiger partial charge in [0.05, 0.1) is 19.0 Å². The second kappa shape index (κ2) is 9.54. The number of morpholine rings is 1. The number of nitrogens with zero attached hydrogens (tertiary/aromatic N) is 3. The maximum atomic E-state index is 13.5. The summed E-state index contributed by atoms with van der Waals surface area (Å²) in [4.78, 5) is 4.02. The number of hydrogen-bond acceptors (Lipinski definition) is 7. The lowest BCUT2D eigenvalue weighted by Crippen LogP contribution is -2.51. The zero-order valence-corrected chi connectivity index (χ0v) is 19.3. The number of aromatic nitrogens is 1. The van der Waals surface area contributed by atoms with E-state index in [-0.39, 0.29) is 42.9 Å². The summed E-state index contributed by atoms with van der Waals surface area (Å²) in [6.07, 6.45) is 1.84.